The molecule has 0 N–H and O–H groups in total. The van der Waals surface area contributed by atoms with Gasteiger partial charge in [-0.3, -0.25) is 9.69 Å². The van der Waals surface area contributed by atoms with E-state index in [1.807, 2.05) is 18.0 Å². The lowest BCUT2D eigenvalue weighted by Crippen LogP contribution is -2.27. The Morgan fingerprint density at radius 1 is 1.35 bits per heavy atom. The molecule has 0 aliphatic carbocycles. The number of anilines is 1. The van der Waals surface area contributed by atoms with Crippen molar-refractivity contribution >= 4 is 34.1 Å². The summed E-state index contributed by atoms with van der Waals surface area (Å²) in [6.45, 7) is 4.16. The number of rotatable bonds is 3. The van der Waals surface area contributed by atoms with Crippen LogP contribution in [0.2, 0.25) is 0 Å². The van der Waals surface area contributed by atoms with E-state index in [0.717, 1.165) is 16.4 Å². The van der Waals surface area contributed by atoms with Gasteiger partial charge in [-0.25, -0.2) is 4.98 Å². The quantitative estimate of drug-likeness (QED) is 0.865. The SMILES string of the molecule is CCc1ccc(C2SCC(=O)N2c2ncc(C)s2)cc1. The standard InChI is InChI=1S/C15H16N2OS2/c1-3-11-4-6-12(7-5-11)14-17(13(18)9-19-14)15-16-8-10(2)20-15/h4-8,14H,3,9H2,1-2H3. The highest BCUT2D eigenvalue weighted by atomic mass is 32.2. The number of carbonyl (C=O) groups is 1. The van der Waals surface area contributed by atoms with E-state index in [9.17, 15) is 4.79 Å². The maximum absolute atomic E-state index is 12.2. The van der Waals surface area contributed by atoms with Crippen molar-refractivity contribution in [1.29, 1.82) is 0 Å². The van der Waals surface area contributed by atoms with E-state index in [1.165, 1.54) is 11.1 Å². The molecule has 2 aromatic rings. The third-order valence-corrected chi connectivity index (χ3v) is 5.48. The number of hydrogen-bond donors (Lipinski definition) is 0. The van der Waals surface area contributed by atoms with Crippen LogP contribution >= 0.6 is 23.1 Å². The average Bonchev–Trinajstić information content (AvgIpc) is 3.05. The van der Waals surface area contributed by atoms with Crippen LogP contribution in [-0.4, -0.2) is 16.6 Å². The predicted octanol–water partition coefficient (Wildman–Crippen LogP) is 3.79. The topological polar surface area (TPSA) is 33.2 Å². The van der Waals surface area contributed by atoms with Crippen molar-refractivity contribution in [2.45, 2.75) is 25.6 Å². The molecule has 5 heteroatoms. The van der Waals surface area contributed by atoms with E-state index >= 15 is 0 Å². The summed E-state index contributed by atoms with van der Waals surface area (Å²) in [7, 11) is 0. The van der Waals surface area contributed by atoms with Crippen molar-refractivity contribution in [3.8, 4) is 0 Å². The molecule has 20 heavy (non-hydrogen) atoms. The van der Waals surface area contributed by atoms with Crippen LogP contribution in [-0.2, 0) is 11.2 Å². The number of thiazole rings is 1. The molecule has 1 amide bonds. The molecule has 0 saturated carbocycles. The highest BCUT2D eigenvalue weighted by Gasteiger charge is 2.35. The van der Waals surface area contributed by atoms with Crippen molar-refractivity contribution in [3.05, 3.63) is 46.5 Å². The van der Waals surface area contributed by atoms with Gasteiger partial charge in [0.25, 0.3) is 0 Å². The van der Waals surface area contributed by atoms with E-state index in [1.54, 1.807) is 23.1 Å². The number of aryl methyl sites for hydroxylation is 2. The van der Waals surface area contributed by atoms with Crippen LogP contribution in [0.4, 0.5) is 5.13 Å². The molecule has 1 saturated heterocycles. The zero-order chi connectivity index (χ0) is 14.1. The third kappa shape index (κ3) is 2.47. The molecule has 1 atom stereocenters. The average molecular weight is 304 g/mol. The first-order chi connectivity index (χ1) is 9.69. The van der Waals surface area contributed by atoms with Gasteiger partial charge in [-0.05, 0) is 24.5 Å². The van der Waals surface area contributed by atoms with Gasteiger partial charge in [-0.1, -0.05) is 31.2 Å². The third-order valence-electron chi connectivity index (χ3n) is 3.36. The summed E-state index contributed by atoms with van der Waals surface area (Å²) in [5.41, 5.74) is 2.49. The van der Waals surface area contributed by atoms with Crippen molar-refractivity contribution in [2.24, 2.45) is 0 Å². The predicted molar refractivity (Wildman–Crippen MR) is 85.4 cm³/mol. The lowest BCUT2D eigenvalue weighted by atomic mass is 10.1. The summed E-state index contributed by atoms with van der Waals surface area (Å²) in [6, 6.07) is 8.54. The molecule has 1 aliphatic rings. The molecule has 1 unspecified atom stereocenters. The number of nitrogens with zero attached hydrogens (tertiary/aromatic N) is 2. The Morgan fingerprint density at radius 3 is 2.70 bits per heavy atom. The van der Waals surface area contributed by atoms with Crippen molar-refractivity contribution < 1.29 is 4.79 Å². The molecule has 1 aliphatic heterocycles. The number of amides is 1. The Morgan fingerprint density at radius 2 is 2.10 bits per heavy atom. The van der Waals surface area contributed by atoms with Gasteiger partial charge in [0.2, 0.25) is 5.91 Å². The van der Waals surface area contributed by atoms with Crippen LogP contribution in [0.3, 0.4) is 0 Å². The van der Waals surface area contributed by atoms with Crippen molar-refractivity contribution in [1.82, 2.24) is 4.98 Å². The molecule has 1 aromatic heterocycles. The highest BCUT2D eigenvalue weighted by molar-refractivity contribution is 8.00. The molecular weight excluding hydrogens is 288 g/mol. The van der Waals surface area contributed by atoms with Crippen molar-refractivity contribution in [3.63, 3.8) is 0 Å². The van der Waals surface area contributed by atoms with Crippen LogP contribution in [0.15, 0.2) is 30.5 Å². The lowest BCUT2D eigenvalue weighted by Gasteiger charge is -2.21. The molecule has 1 aromatic carbocycles. The summed E-state index contributed by atoms with van der Waals surface area (Å²) < 4.78 is 0. The second-order valence-electron chi connectivity index (χ2n) is 4.78. The molecule has 3 nitrogen and oxygen atoms in total. The fourth-order valence-corrected chi connectivity index (χ4v) is 4.28. The van der Waals surface area contributed by atoms with E-state index < -0.39 is 0 Å². The van der Waals surface area contributed by atoms with Crippen LogP contribution in [0.25, 0.3) is 0 Å². The van der Waals surface area contributed by atoms with Crippen molar-refractivity contribution in [2.75, 3.05) is 10.7 Å². The van der Waals surface area contributed by atoms with Crippen LogP contribution in [0.5, 0.6) is 0 Å². The van der Waals surface area contributed by atoms with Gasteiger partial charge in [0.05, 0.1) is 5.75 Å². The second kappa shape index (κ2) is 5.58. The van der Waals surface area contributed by atoms with Gasteiger partial charge < -0.3 is 0 Å². The Balaban J connectivity index is 1.92. The molecule has 1 fully saturated rings. The number of carbonyl (C=O) groups excluding carboxylic acids is 1. The fraction of sp³-hybridized carbons (Fsp3) is 0.333. The van der Waals surface area contributed by atoms with E-state index in [4.69, 9.17) is 0 Å². The largest absolute Gasteiger partial charge is 0.273 e. The minimum atomic E-state index is 0.0546. The number of aromatic nitrogens is 1. The zero-order valence-corrected chi connectivity index (χ0v) is 13.1. The van der Waals surface area contributed by atoms with E-state index in [-0.39, 0.29) is 11.3 Å². The molecule has 3 rings (SSSR count). The maximum atomic E-state index is 12.2. The van der Waals surface area contributed by atoms with Crippen LogP contribution < -0.4 is 4.90 Å². The zero-order valence-electron chi connectivity index (χ0n) is 11.5. The first kappa shape index (κ1) is 13.6. The van der Waals surface area contributed by atoms with E-state index in [2.05, 4.69) is 36.2 Å². The van der Waals surface area contributed by atoms with Crippen LogP contribution in [0.1, 0.15) is 28.3 Å². The lowest BCUT2D eigenvalue weighted by molar-refractivity contribution is -0.115. The summed E-state index contributed by atoms with van der Waals surface area (Å²) in [4.78, 5) is 19.5. The molecule has 0 bridgehead atoms. The molecule has 104 valence electrons. The Kier molecular flexibility index (Phi) is 3.81. The van der Waals surface area contributed by atoms with E-state index in [0.29, 0.717) is 5.75 Å². The monoisotopic (exact) mass is 304 g/mol. The van der Waals surface area contributed by atoms with Crippen LogP contribution in [0, 0.1) is 6.92 Å². The van der Waals surface area contributed by atoms with Gasteiger partial charge in [0, 0.05) is 11.1 Å². The molecule has 2 heterocycles. The second-order valence-corrected chi connectivity index (χ2v) is 7.06. The fourth-order valence-electron chi connectivity index (χ4n) is 2.25. The smallest absolute Gasteiger partial charge is 0.240 e. The normalized spacial score (nSPS) is 18.8. The first-order valence-electron chi connectivity index (χ1n) is 6.64. The summed E-state index contributed by atoms with van der Waals surface area (Å²) in [6.07, 6.45) is 2.86. The number of thioether (sulfide) groups is 1. The van der Waals surface area contributed by atoms with Gasteiger partial charge in [0.15, 0.2) is 5.13 Å². The Labute approximate surface area is 127 Å². The number of hydrogen-bond acceptors (Lipinski definition) is 4. The Hall–Kier alpha value is -1.33. The Bertz CT molecular complexity index is 621. The van der Waals surface area contributed by atoms with Gasteiger partial charge in [0.1, 0.15) is 5.37 Å². The minimum absolute atomic E-state index is 0.0546. The highest BCUT2D eigenvalue weighted by Crippen LogP contribution is 2.42. The van der Waals surface area contributed by atoms with Gasteiger partial charge in [-0.2, -0.15) is 0 Å². The summed E-state index contributed by atoms with van der Waals surface area (Å²) in [5.74, 6) is 0.674. The first-order valence-corrected chi connectivity index (χ1v) is 8.50. The summed E-state index contributed by atoms with van der Waals surface area (Å²) in [5, 5.41) is 0.862. The van der Waals surface area contributed by atoms with Gasteiger partial charge in [-0.15, -0.1) is 23.1 Å². The van der Waals surface area contributed by atoms with Gasteiger partial charge >= 0.3 is 0 Å². The minimum Gasteiger partial charge on any atom is -0.273 e. The summed E-state index contributed by atoms with van der Waals surface area (Å²) >= 11 is 3.25. The molecular formula is C15H16N2OS2. The maximum Gasteiger partial charge on any atom is 0.240 e. The number of benzene rings is 1. The molecule has 0 spiro atoms. The molecule has 0 radical (unpaired) electrons.